The van der Waals surface area contributed by atoms with Crippen LogP contribution < -0.4 is 0 Å². The monoisotopic (exact) mass is 509 g/mol. The van der Waals surface area contributed by atoms with Crippen molar-refractivity contribution in [3.05, 3.63) is 48.4 Å². The zero-order chi connectivity index (χ0) is 16.4. The van der Waals surface area contributed by atoms with Gasteiger partial charge in [0.05, 0.1) is 23.7 Å². The molecule has 7 heteroatoms. The standard InChI is InChI=1S/C18H14N5O.Ir/c1-10-4-5-12-14(13(10)17-19-6-7-24-17)15-18(22(3)9-20-15)23-8-11(2)21-16(12)23;/h4,6-9H,1-3H3;/q-1;. The fourth-order valence-corrected chi connectivity index (χ4v) is 3.40. The van der Waals surface area contributed by atoms with Crippen LogP contribution in [0.1, 0.15) is 11.3 Å². The van der Waals surface area contributed by atoms with Gasteiger partial charge < -0.3 is 13.4 Å². The second-order valence-electron chi connectivity index (χ2n) is 6.04. The average Bonchev–Trinajstić information content (AvgIpc) is 3.26. The van der Waals surface area contributed by atoms with E-state index in [1.807, 2.05) is 44.1 Å². The van der Waals surface area contributed by atoms with Crippen molar-refractivity contribution in [2.24, 2.45) is 7.05 Å². The van der Waals surface area contributed by atoms with E-state index >= 15 is 0 Å². The molecule has 4 aromatic heterocycles. The largest absolute Gasteiger partial charge is 0.446 e. The molecule has 0 unspecified atom stereocenters. The first-order valence-electron chi connectivity index (χ1n) is 7.68. The van der Waals surface area contributed by atoms with Crippen molar-refractivity contribution in [1.82, 2.24) is 23.9 Å². The second-order valence-corrected chi connectivity index (χ2v) is 6.04. The fourth-order valence-electron chi connectivity index (χ4n) is 3.40. The zero-order valence-electron chi connectivity index (χ0n) is 13.9. The Morgan fingerprint density at radius 3 is 2.80 bits per heavy atom. The van der Waals surface area contributed by atoms with Crippen LogP contribution in [0.5, 0.6) is 0 Å². The number of imidazole rings is 2. The first kappa shape index (κ1) is 16.0. The van der Waals surface area contributed by atoms with E-state index in [2.05, 4.69) is 20.4 Å². The number of aryl methyl sites for hydroxylation is 3. The smallest absolute Gasteiger partial charge is 0.208 e. The minimum absolute atomic E-state index is 0. The van der Waals surface area contributed by atoms with Crippen LogP contribution in [0.2, 0.25) is 0 Å². The van der Waals surface area contributed by atoms with Gasteiger partial charge in [0, 0.05) is 39.0 Å². The van der Waals surface area contributed by atoms with Crippen molar-refractivity contribution in [3.8, 4) is 11.5 Å². The Morgan fingerprint density at radius 2 is 2.04 bits per heavy atom. The van der Waals surface area contributed by atoms with Crippen LogP contribution in [0.15, 0.2) is 35.5 Å². The molecule has 5 rings (SSSR count). The van der Waals surface area contributed by atoms with Crippen LogP contribution >= 0.6 is 0 Å². The molecular weight excluding hydrogens is 494 g/mol. The maximum absolute atomic E-state index is 5.59. The molecule has 0 aliphatic rings. The van der Waals surface area contributed by atoms with Gasteiger partial charge in [0.2, 0.25) is 5.89 Å². The van der Waals surface area contributed by atoms with Crippen molar-refractivity contribution < 1.29 is 24.5 Å². The maximum atomic E-state index is 5.59. The van der Waals surface area contributed by atoms with E-state index < -0.39 is 0 Å². The number of pyridine rings is 1. The molecule has 0 saturated heterocycles. The molecule has 0 fully saturated rings. The summed E-state index contributed by atoms with van der Waals surface area (Å²) in [7, 11) is 1.99. The summed E-state index contributed by atoms with van der Waals surface area (Å²) >= 11 is 0. The Kier molecular flexibility index (Phi) is 3.52. The van der Waals surface area contributed by atoms with Crippen molar-refractivity contribution >= 4 is 27.6 Å². The van der Waals surface area contributed by atoms with E-state index in [1.165, 1.54) is 0 Å². The van der Waals surface area contributed by atoms with E-state index in [9.17, 15) is 0 Å². The van der Waals surface area contributed by atoms with E-state index in [4.69, 9.17) is 9.40 Å². The van der Waals surface area contributed by atoms with E-state index in [0.717, 1.165) is 44.4 Å². The third-order valence-corrected chi connectivity index (χ3v) is 4.39. The minimum atomic E-state index is 0. The summed E-state index contributed by atoms with van der Waals surface area (Å²) in [6.07, 6.45) is 7.09. The molecule has 0 atom stereocenters. The van der Waals surface area contributed by atoms with Crippen molar-refractivity contribution in [1.29, 1.82) is 0 Å². The van der Waals surface area contributed by atoms with E-state index in [-0.39, 0.29) is 20.1 Å². The van der Waals surface area contributed by atoms with Gasteiger partial charge in [-0.1, -0.05) is 17.7 Å². The molecule has 0 bridgehead atoms. The third kappa shape index (κ3) is 2.09. The fraction of sp³-hybridized carbons (Fsp3) is 0.167. The van der Waals surface area contributed by atoms with Gasteiger partial charge in [-0.2, -0.15) is 0 Å². The normalized spacial score (nSPS) is 11.5. The molecule has 0 aliphatic heterocycles. The van der Waals surface area contributed by atoms with Gasteiger partial charge in [-0.05, 0) is 12.5 Å². The number of aromatic nitrogens is 5. The van der Waals surface area contributed by atoms with Crippen molar-refractivity contribution in [2.75, 3.05) is 0 Å². The van der Waals surface area contributed by atoms with Crippen LogP contribution in [0.25, 0.3) is 39.0 Å². The average molecular weight is 509 g/mol. The summed E-state index contributed by atoms with van der Waals surface area (Å²) in [5, 5.41) is 1.90. The Morgan fingerprint density at radius 1 is 1.20 bits per heavy atom. The Balaban J connectivity index is 0.00000157. The molecule has 0 amide bonds. The molecular formula is C18H14IrN5O-. The molecule has 5 aromatic rings. The molecule has 1 radical (unpaired) electrons. The van der Waals surface area contributed by atoms with Gasteiger partial charge in [0.15, 0.2) is 0 Å². The van der Waals surface area contributed by atoms with E-state index in [1.54, 1.807) is 12.5 Å². The molecule has 25 heavy (non-hydrogen) atoms. The predicted octanol–water partition coefficient (Wildman–Crippen LogP) is 3.44. The minimum Gasteiger partial charge on any atom is -0.446 e. The number of benzene rings is 1. The number of oxazole rings is 1. The van der Waals surface area contributed by atoms with Gasteiger partial charge in [-0.3, -0.25) is 4.98 Å². The van der Waals surface area contributed by atoms with Crippen LogP contribution in [-0.4, -0.2) is 23.9 Å². The number of rotatable bonds is 1. The van der Waals surface area contributed by atoms with Gasteiger partial charge in [-0.25, -0.2) is 9.97 Å². The number of hydrogen-bond donors (Lipinski definition) is 0. The molecule has 0 aliphatic carbocycles. The summed E-state index contributed by atoms with van der Waals surface area (Å²) in [5.74, 6) is 0.589. The first-order chi connectivity index (χ1) is 11.6. The van der Waals surface area contributed by atoms with Crippen LogP contribution in [0.3, 0.4) is 0 Å². The van der Waals surface area contributed by atoms with Gasteiger partial charge >= 0.3 is 0 Å². The van der Waals surface area contributed by atoms with Crippen molar-refractivity contribution in [2.45, 2.75) is 13.8 Å². The summed E-state index contributed by atoms with van der Waals surface area (Å²) in [6.45, 7) is 4.02. The molecule has 6 nitrogen and oxygen atoms in total. The Labute approximate surface area is 156 Å². The molecule has 0 N–H and O–H groups in total. The maximum Gasteiger partial charge on any atom is 0.208 e. The van der Waals surface area contributed by atoms with E-state index in [0.29, 0.717) is 5.89 Å². The Hall–Kier alpha value is -2.50. The third-order valence-electron chi connectivity index (χ3n) is 4.39. The predicted molar refractivity (Wildman–Crippen MR) is 90.8 cm³/mol. The molecule has 0 saturated carbocycles. The number of nitrogens with zero attached hydrogens (tertiary/aromatic N) is 5. The van der Waals surface area contributed by atoms with Crippen molar-refractivity contribution in [3.63, 3.8) is 0 Å². The topological polar surface area (TPSA) is 61.1 Å². The summed E-state index contributed by atoms with van der Waals surface area (Å²) in [5.41, 5.74) is 5.70. The quantitative estimate of drug-likeness (QED) is 0.326. The van der Waals surface area contributed by atoms with Gasteiger partial charge in [0.25, 0.3) is 0 Å². The number of fused-ring (bicyclic) bond motifs is 6. The summed E-state index contributed by atoms with van der Waals surface area (Å²) in [4.78, 5) is 13.7. The van der Waals surface area contributed by atoms with Crippen LogP contribution in [-0.2, 0) is 27.2 Å². The summed E-state index contributed by atoms with van der Waals surface area (Å²) in [6, 6.07) is 5.34. The Bertz CT molecular complexity index is 1230. The molecule has 127 valence electrons. The van der Waals surface area contributed by atoms with Gasteiger partial charge in [-0.15, -0.1) is 17.7 Å². The second kappa shape index (κ2) is 5.51. The van der Waals surface area contributed by atoms with Gasteiger partial charge in [0.1, 0.15) is 11.9 Å². The molecule has 1 aromatic carbocycles. The zero-order valence-corrected chi connectivity index (χ0v) is 16.3. The molecule has 4 heterocycles. The van der Waals surface area contributed by atoms with Crippen LogP contribution in [0.4, 0.5) is 0 Å². The molecule has 0 spiro atoms. The number of hydrogen-bond acceptors (Lipinski definition) is 4. The first-order valence-corrected chi connectivity index (χ1v) is 7.68. The van der Waals surface area contributed by atoms with Crippen LogP contribution in [0, 0.1) is 19.9 Å². The summed E-state index contributed by atoms with van der Waals surface area (Å²) < 4.78 is 9.67. The SMILES string of the molecule is Cc1cn2c(n1)c1[c-]cc(C)c(-c3ncco3)c1c1ncn(C)c12.[Ir].